The van der Waals surface area contributed by atoms with Crippen molar-refractivity contribution in [2.45, 2.75) is 18.7 Å². The highest BCUT2D eigenvalue weighted by molar-refractivity contribution is 5.30. The molecule has 0 aromatic heterocycles. The number of benzene rings is 1. The summed E-state index contributed by atoms with van der Waals surface area (Å²) in [6.07, 6.45) is -4.33. The first-order valence-electron chi connectivity index (χ1n) is 4.83. The molecule has 0 radical (unpaired) electrons. The number of ether oxygens (including phenoxy) is 2. The van der Waals surface area contributed by atoms with Gasteiger partial charge in [-0.1, -0.05) is 6.07 Å². The zero-order chi connectivity index (χ0) is 11.8. The largest absolute Gasteiger partial charge is 0.490 e. The van der Waals surface area contributed by atoms with Crippen LogP contribution in [0.5, 0.6) is 5.75 Å². The molecule has 1 aliphatic heterocycles. The van der Waals surface area contributed by atoms with Crippen LogP contribution in [0.2, 0.25) is 0 Å². The van der Waals surface area contributed by atoms with Crippen molar-refractivity contribution >= 4 is 0 Å². The van der Waals surface area contributed by atoms with Gasteiger partial charge in [-0.3, -0.25) is 0 Å². The van der Waals surface area contributed by atoms with Gasteiger partial charge >= 0.3 is 6.18 Å². The van der Waals surface area contributed by atoms with Gasteiger partial charge in [0, 0.05) is 0 Å². The van der Waals surface area contributed by atoms with Crippen LogP contribution in [0.25, 0.3) is 0 Å². The van der Waals surface area contributed by atoms with Crippen LogP contribution in [0.15, 0.2) is 24.3 Å². The molecule has 0 saturated carbocycles. The molecule has 1 heterocycles. The van der Waals surface area contributed by atoms with Crippen LogP contribution in [0.3, 0.4) is 0 Å². The maximum absolute atomic E-state index is 12.4. The smallest absolute Gasteiger partial charge is 0.416 e. The van der Waals surface area contributed by atoms with Gasteiger partial charge in [-0.05, 0) is 25.1 Å². The fourth-order valence-corrected chi connectivity index (χ4v) is 1.20. The van der Waals surface area contributed by atoms with E-state index in [9.17, 15) is 13.2 Å². The second-order valence-electron chi connectivity index (χ2n) is 4.05. The summed E-state index contributed by atoms with van der Waals surface area (Å²) in [7, 11) is 0. The Morgan fingerprint density at radius 1 is 1.44 bits per heavy atom. The van der Waals surface area contributed by atoms with Crippen molar-refractivity contribution in [1.82, 2.24) is 0 Å². The van der Waals surface area contributed by atoms with Crippen molar-refractivity contribution in [3.8, 4) is 5.75 Å². The molecule has 1 aliphatic rings. The van der Waals surface area contributed by atoms with Gasteiger partial charge in [-0.25, -0.2) is 0 Å². The zero-order valence-corrected chi connectivity index (χ0v) is 8.67. The number of halogens is 3. The summed E-state index contributed by atoms with van der Waals surface area (Å²) in [4.78, 5) is 0. The molecular formula is C11H11F3O2. The number of epoxide rings is 1. The van der Waals surface area contributed by atoms with Crippen LogP contribution in [-0.4, -0.2) is 18.8 Å². The molecular weight excluding hydrogens is 221 g/mol. The molecule has 0 aliphatic carbocycles. The Labute approximate surface area is 91.0 Å². The normalized spacial score (nSPS) is 24.2. The Morgan fingerprint density at radius 3 is 2.69 bits per heavy atom. The minimum absolute atomic E-state index is 0.214. The van der Waals surface area contributed by atoms with Gasteiger partial charge in [0.2, 0.25) is 0 Å². The number of alkyl halides is 3. The average Bonchev–Trinajstić information content (AvgIpc) is 2.94. The summed E-state index contributed by atoms with van der Waals surface area (Å²) in [5.74, 6) is 0.214. The molecule has 1 fully saturated rings. The van der Waals surface area contributed by atoms with Gasteiger partial charge in [0.15, 0.2) is 0 Å². The third kappa shape index (κ3) is 2.66. The molecule has 2 rings (SSSR count). The van der Waals surface area contributed by atoms with Crippen LogP contribution in [0.1, 0.15) is 12.5 Å². The van der Waals surface area contributed by atoms with E-state index in [-0.39, 0.29) is 18.0 Å². The van der Waals surface area contributed by atoms with E-state index < -0.39 is 11.7 Å². The van der Waals surface area contributed by atoms with Crippen molar-refractivity contribution in [3.05, 3.63) is 29.8 Å². The van der Waals surface area contributed by atoms with Crippen molar-refractivity contribution < 1.29 is 22.6 Å². The van der Waals surface area contributed by atoms with Gasteiger partial charge in [-0.15, -0.1) is 0 Å². The standard InChI is InChI=1S/C11H11F3O2/c1-10(7-16-10)6-15-9-4-2-3-8(5-9)11(12,13)14/h2-5H,6-7H2,1H3. The summed E-state index contributed by atoms with van der Waals surface area (Å²) in [5, 5.41) is 0. The maximum Gasteiger partial charge on any atom is 0.416 e. The van der Waals surface area contributed by atoms with Gasteiger partial charge in [0.25, 0.3) is 0 Å². The quantitative estimate of drug-likeness (QED) is 0.747. The first kappa shape index (κ1) is 11.3. The van der Waals surface area contributed by atoms with E-state index in [2.05, 4.69) is 0 Å². The van der Waals surface area contributed by atoms with Crippen molar-refractivity contribution in [2.75, 3.05) is 13.2 Å². The predicted octanol–water partition coefficient (Wildman–Crippen LogP) is 2.87. The van der Waals surface area contributed by atoms with Crippen molar-refractivity contribution in [3.63, 3.8) is 0 Å². The first-order chi connectivity index (χ1) is 7.39. The lowest BCUT2D eigenvalue weighted by Gasteiger charge is -2.11. The van der Waals surface area contributed by atoms with Gasteiger partial charge in [0.05, 0.1) is 12.2 Å². The Balaban J connectivity index is 2.04. The highest BCUT2D eigenvalue weighted by Gasteiger charge is 2.40. The van der Waals surface area contributed by atoms with Crippen LogP contribution < -0.4 is 4.74 Å². The summed E-state index contributed by atoms with van der Waals surface area (Å²) in [5.41, 5.74) is -1.03. The fourth-order valence-electron chi connectivity index (χ4n) is 1.20. The molecule has 88 valence electrons. The fraction of sp³-hybridized carbons (Fsp3) is 0.455. The molecule has 1 atom stereocenters. The van der Waals surface area contributed by atoms with E-state index in [1.807, 2.05) is 6.92 Å². The molecule has 1 aromatic carbocycles. The third-order valence-corrected chi connectivity index (χ3v) is 2.34. The maximum atomic E-state index is 12.4. The highest BCUT2D eigenvalue weighted by atomic mass is 19.4. The van der Waals surface area contributed by atoms with E-state index >= 15 is 0 Å². The van der Waals surface area contributed by atoms with Crippen molar-refractivity contribution in [1.29, 1.82) is 0 Å². The number of hydrogen-bond acceptors (Lipinski definition) is 2. The molecule has 1 saturated heterocycles. The molecule has 16 heavy (non-hydrogen) atoms. The third-order valence-electron chi connectivity index (χ3n) is 2.34. The lowest BCUT2D eigenvalue weighted by Crippen LogP contribution is -2.17. The van der Waals surface area contributed by atoms with Crippen LogP contribution in [0, 0.1) is 0 Å². The van der Waals surface area contributed by atoms with E-state index in [4.69, 9.17) is 9.47 Å². The minimum atomic E-state index is -4.33. The second kappa shape index (κ2) is 3.66. The molecule has 0 bridgehead atoms. The van der Waals surface area contributed by atoms with E-state index in [1.165, 1.54) is 12.1 Å². The van der Waals surface area contributed by atoms with Gasteiger partial charge < -0.3 is 9.47 Å². The Kier molecular flexibility index (Phi) is 2.58. The molecule has 0 spiro atoms. The number of rotatable bonds is 3. The summed E-state index contributed by atoms with van der Waals surface area (Å²) >= 11 is 0. The lowest BCUT2D eigenvalue weighted by atomic mass is 10.2. The molecule has 1 aromatic rings. The zero-order valence-electron chi connectivity index (χ0n) is 8.67. The topological polar surface area (TPSA) is 21.8 Å². The monoisotopic (exact) mass is 232 g/mol. The van der Waals surface area contributed by atoms with Gasteiger partial charge in [0.1, 0.15) is 18.0 Å². The van der Waals surface area contributed by atoms with Crippen molar-refractivity contribution in [2.24, 2.45) is 0 Å². The molecule has 0 N–H and O–H groups in total. The summed E-state index contributed by atoms with van der Waals surface area (Å²) < 4.78 is 47.4. The van der Waals surface area contributed by atoms with Crippen LogP contribution in [-0.2, 0) is 10.9 Å². The average molecular weight is 232 g/mol. The van der Waals surface area contributed by atoms with E-state index in [1.54, 1.807) is 0 Å². The van der Waals surface area contributed by atoms with Crippen LogP contribution in [0.4, 0.5) is 13.2 Å². The molecule has 0 amide bonds. The molecule has 5 heteroatoms. The molecule has 1 unspecified atom stereocenters. The lowest BCUT2D eigenvalue weighted by molar-refractivity contribution is -0.137. The predicted molar refractivity (Wildman–Crippen MR) is 51.3 cm³/mol. The number of hydrogen-bond donors (Lipinski definition) is 0. The van der Waals surface area contributed by atoms with Crippen LogP contribution >= 0.6 is 0 Å². The summed E-state index contributed by atoms with van der Waals surface area (Å²) in [6.45, 7) is 2.71. The Hall–Kier alpha value is -1.23. The van der Waals surface area contributed by atoms with Gasteiger partial charge in [-0.2, -0.15) is 13.2 Å². The summed E-state index contributed by atoms with van der Waals surface area (Å²) in [6, 6.07) is 4.84. The Morgan fingerprint density at radius 2 is 2.12 bits per heavy atom. The van der Waals surface area contributed by atoms with E-state index in [0.29, 0.717) is 6.61 Å². The second-order valence-corrected chi connectivity index (χ2v) is 4.05. The molecule has 2 nitrogen and oxygen atoms in total. The highest BCUT2D eigenvalue weighted by Crippen LogP contribution is 2.32. The SMILES string of the molecule is CC1(COc2cccc(C(F)(F)F)c2)CO1. The van der Waals surface area contributed by atoms with E-state index in [0.717, 1.165) is 12.1 Å². The Bertz CT molecular complexity index is 383. The minimum Gasteiger partial charge on any atom is -0.490 e. The first-order valence-corrected chi connectivity index (χ1v) is 4.83.